The zero-order valence-corrected chi connectivity index (χ0v) is 13.6. The molecule has 2 aromatic carbocycles. The summed E-state index contributed by atoms with van der Waals surface area (Å²) in [5, 5.41) is 3.97. The molecule has 3 rings (SSSR count). The van der Waals surface area contributed by atoms with Gasteiger partial charge in [-0.3, -0.25) is 4.98 Å². The van der Waals surface area contributed by atoms with E-state index in [2.05, 4.69) is 16.4 Å². The van der Waals surface area contributed by atoms with Crippen molar-refractivity contribution < 1.29 is 13.2 Å². The van der Waals surface area contributed by atoms with Gasteiger partial charge in [-0.25, -0.2) is 0 Å². The van der Waals surface area contributed by atoms with Crippen LogP contribution in [0.5, 0.6) is 0 Å². The molecule has 0 spiro atoms. The lowest BCUT2D eigenvalue weighted by molar-refractivity contribution is -0.137. The van der Waals surface area contributed by atoms with E-state index in [1.165, 1.54) is 6.07 Å². The number of halogens is 3. The third-order valence-corrected chi connectivity index (χ3v) is 3.77. The number of hydrogen-bond acceptors (Lipinski definition) is 2. The van der Waals surface area contributed by atoms with E-state index in [1.54, 1.807) is 6.92 Å². The van der Waals surface area contributed by atoms with Crippen LogP contribution in [0.25, 0.3) is 10.9 Å². The smallest absolute Gasteiger partial charge is 0.355 e. The van der Waals surface area contributed by atoms with Crippen LogP contribution in [0.15, 0.2) is 42.5 Å². The first-order chi connectivity index (χ1) is 11.2. The van der Waals surface area contributed by atoms with Gasteiger partial charge in [0.05, 0.1) is 11.1 Å². The molecule has 2 nitrogen and oxygen atoms in total. The van der Waals surface area contributed by atoms with E-state index in [0.717, 1.165) is 34.6 Å². The summed E-state index contributed by atoms with van der Waals surface area (Å²) in [5.74, 6) is 0. The minimum absolute atomic E-state index is 0.330. The number of alkyl halides is 3. The predicted molar refractivity (Wildman–Crippen MR) is 90.7 cm³/mol. The molecule has 0 unspecified atom stereocenters. The molecule has 1 N–H and O–H groups in total. The van der Waals surface area contributed by atoms with Crippen molar-refractivity contribution in [3.63, 3.8) is 0 Å². The van der Waals surface area contributed by atoms with Crippen LogP contribution in [-0.2, 0) is 6.18 Å². The number of pyridine rings is 1. The highest BCUT2D eigenvalue weighted by molar-refractivity contribution is 5.93. The molecular weight excluding hydrogens is 313 g/mol. The quantitative estimate of drug-likeness (QED) is 0.630. The van der Waals surface area contributed by atoms with E-state index >= 15 is 0 Å². The Bertz CT molecular complexity index is 894. The summed E-state index contributed by atoms with van der Waals surface area (Å²) in [4.78, 5) is 4.25. The molecule has 0 aliphatic rings. The van der Waals surface area contributed by atoms with Gasteiger partial charge in [-0.2, -0.15) is 13.2 Å². The molecule has 0 fully saturated rings. The molecule has 0 atom stereocenters. The summed E-state index contributed by atoms with van der Waals surface area (Å²) in [7, 11) is 0. The Balaban J connectivity index is 2.10. The maximum atomic E-state index is 12.9. The van der Waals surface area contributed by atoms with Gasteiger partial charge >= 0.3 is 6.18 Å². The summed E-state index contributed by atoms with van der Waals surface area (Å²) in [5.41, 5.74) is 4.19. The van der Waals surface area contributed by atoms with Crippen LogP contribution in [0.3, 0.4) is 0 Å². The van der Waals surface area contributed by atoms with Crippen LogP contribution in [0.1, 0.15) is 22.4 Å². The molecule has 0 amide bonds. The average Bonchev–Trinajstić information content (AvgIpc) is 2.44. The van der Waals surface area contributed by atoms with Crippen LogP contribution in [-0.4, -0.2) is 4.98 Å². The van der Waals surface area contributed by atoms with Gasteiger partial charge in [0.1, 0.15) is 0 Å². The largest absolute Gasteiger partial charge is 0.416 e. The SMILES string of the molecule is Cc1cc(C)cc(Nc2cc(C)nc3cc(C(F)(F)F)ccc23)c1. The maximum absolute atomic E-state index is 12.9. The van der Waals surface area contributed by atoms with Crippen LogP contribution in [0.2, 0.25) is 0 Å². The first kappa shape index (κ1) is 16.3. The van der Waals surface area contributed by atoms with E-state index < -0.39 is 11.7 Å². The second kappa shape index (κ2) is 5.82. The predicted octanol–water partition coefficient (Wildman–Crippen LogP) is 5.92. The lowest BCUT2D eigenvalue weighted by Gasteiger charge is -2.14. The summed E-state index contributed by atoms with van der Waals surface area (Å²) >= 11 is 0. The van der Waals surface area contributed by atoms with E-state index in [1.807, 2.05) is 32.0 Å². The summed E-state index contributed by atoms with van der Waals surface area (Å²) in [6.45, 7) is 5.78. The van der Waals surface area contributed by atoms with Gasteiger partial charge in [0.15, 0.2) is 0 Å². The van der Waals surface area contributed by atoms with Crippen molar-refractivity contribution in [1.29, 1.82) is 0 Å². The monoisotopic (exact) mass is 330 g/mol. The number of anilines is 2. The molecule has 0 bridgehead atoms. The van der Waals surface area contributed by atoms with Gasteiger partial charge in [-0.15, -0.1) is 0 Å². The highest BCUT2D eigenvalue weighted by atomic mass is 19.4. The fraction of sp³-hybridized carbons (Fsp3) is 0.211. The minimum atomic E-state index is -4.37. The third kappa shape index (κ3) is 3.35. The summed E-state index contributed by atoms with van der Waals surface area (Å²) in [6.07, 6.45) is -4.37. The van der Waals surface area contributed by atoms with Gasteiger partial charge in [0.25, 0.3) is 0 Å². The highest BCUT2D eigenvalue weighted by Gasteiger charge is 2.30. The summed E-state index contributed by atoms with van der Waals surface area (Å²) < 4.78 is 38.7. The van der Waals surface area contributed by atoms with Crippen LogP contribution >= 0.6 is 0 Å². The molecule has 5 heteroatoms. The molecule has 0 aliphatic heterocycles. The van der Waals surface area contributed by atoms with Gasteiger partial charge < -0.3 is 5.32 Å². The zero-order valence-electron chi connectivity index (χ0n) is 13.6. The Hall–Kier alpha value is -2.56. The number of hydrogen-bond donors (Lipinski definition) is 1. The fourth-order valence-corrected chi connectivity index (χ4v) is 2.84. The zero-order chi connectivity index (χ0) is 17.5. The minimum Gasteiger partial charge on any atom is -0.355 e. The van der Waals surface area contributed by atoms with Crippen molar-refractivity contribution in [2.45, 2.75) is 26.9 Å². The highest BCUT2D eigenvalue weighted by Crippen LogP contribution is 2.34. The Kier molecular flexibility index (Phi) is 3.95. The number of aryl methyl sites for hydroxylation is 3. The fourth-order valence-electron chi connectivity index (χ4n) is 2.84. The summed E-state index contributed by atoms with van der Waals surface area (Å²) in [6, 6.07) is 11.6. The molecule has 0 saturated carbocycles. The van der Waals surface area contributed by atoms with Crippen molar-refractivity contribution in [1.82, 2.24) is 4.98 Å². The third-order valence-electron chi connectivity index (χ3n) is 3.77. The van der Waals surface area contributed by atoms with E-state index in [4.69, 9.17) is 0 Å². The van der Waals surface area contributed by atoms with Gasteiger partial charge in [-0.05, 0) is 62.2 Å². The van der Waals surface area contributed by atoms with Crippen molar-refractivity contribution in [2.75, 3.05) is 5.32 Å². The molecule has 3 aromatic rings. The number of aromatic nitrogens is 1. The lowest BCUT2D eigenvalue weighted by Crippen LogP contribution is -2.05. The molecule has 0 saturated heterocycles. The van der Waals surface area contributed by atoms with E-state index in [0.29, 0.717) is 16.6 Å². The van der Waals surface area contributed by atoms with Gasteiger partial charge in [-0.1, -0.05) is 12.1 Å². The molecule has 1 aromatic heterocycles. The number of fused-ring (bicyclic) bond motifs is 1. The number of nitrogens with zero attached hydrogens (tertiary/aromatic N) is 1. The Morgan fingerprint density at radius 2 is 1.54 bits per heavy atom. The first-order valence-corrected chi connectivity index (χ1v) is 7.56. The van der Waals surface area contributed by atoms with Gasteiger partial charge in [0, 0.05) is 22.5 Å². The molecule has 0 radical (unpaired) electrons. The second-order valence-electron chi connectivity index (χ2n) is 6.04. The Morgan fingerprint density at radius 1 is 0.875 bits per heavy atom. The molecule has 24 heavy (non-hydrogen) atoms. The maximum Gasteiger partial charge on any atom is 0.416 e. The first-order valence-electron chi connectivity index (χ1n) is 7.56. The van der Waals surface area contributed by atoms with E-state index in [9.17, 15) is 13.2 Å². The molecule has 124 valence electrons. The Labute approximate surface area is 138 Å². The number of rotatable bonds is 2. The van der Waals surface area contributed by atoms with E-state index in [-0.39, 0.29) is 0 Å². The number of nitrogens with one attached hydrogen (secondary N) is 1. The molecule has 0 aliphatic carbocycles. The topological polar surface area (TPSA) is 24.9 Å². The molecule has 1 heterocycles. The van der Waals surface area contributed by atoms with Crippen molar-refractivity contribution >= 4 is 22.3 Å². The normalized spacial score (nSPS) is 11.8. The number of benzene rings is 2. The lowest BCUT2D eigenvalue weighted by atomic mass is 10.1. The van der Waals surface area contributed by atoms with Crippen molar-refractivity contribution in [3.05, 3.63) is 64.8 Å². The van der Waals surface area contributed by atoms with Crippen molar-refractivity contribution in [3.8, 4) is 0 Å². The van der Waals surface area contributed by atoms with Crippen LogP contribution < -0.4 is 5.32 Å². The molecular formula is C19H17F3N2. The average molecular weight is 330 g/mol. The second-order valence-corrected chi connectivity index (χ2v) is 6.04. The van der Waals surface area contributed by atoms with Crippen molar-refractivity contribution in [2.24, 2.45) is 0 Å². The van der Waals surface area contributed by atoms with Crippen LogP contribution in [0, 0.1) is 20.8 Å². The standard InChI is InChI=1S/C19H17F3N2/c1-11-6-12(2)8-15(7-11)24-17-9-13(3)23-18-10-14(19(20,21)22)4-5-16(17)18/h4-10H,1-3H3,(H,23,24). The van der Waals surface area contributed by atoms with Gasteiger partial charge in [0.2, 0.25) is 0 Å². The Morgan fingerprint density at radius 3 is 2.17 bits per heavy atom. The van der Waals surface area contributed by atoms with Crippen LogP contribution in [0.4, 0.5) is 24.5 Å².